The fourth-order valence-electron chi connectivity index (χ4n) is 2.99. The largest absolute Gasteiger partial charge is 0.272 e. The van der Waals surface area contributed by atoms with E-state index in [1.54, 1.807) is 18.3 Å². The van der Waals surface area contributed by atoms with Crippen LogP contribution in [0, 0.1) is 6.92 Å². The number of thioether (sulfide) groups is 1. The van der Waals surface area contributed by atoms with Crippen LogP contribution in [0.2, 0.25) is 5.02 Å². The number of carbonyl (C=O) groups excluding carboxylic acids is 1. The number of hydrogen-bond acceptors (Lipinski definition) is 5. The lowest BCUT2D eigenvalue weighted by Crippen LogP contribution is -2.20. The Hall–Kier alpha value is -3.42. The van der Waals surface area contributed by atoms with E-state index in [1.807, 2.05) is 78.2 Å². The lowest BCUT2D eigenvalue weighted by Gasteiger charge is -2.10. The van der Waals surface area contributed by atoms with Gasteiger partial charge in [0.25, 0.3) is 5.91 Å². The number of halogens is 1. The maximum Gasteiger partial charge on any atom is 0.250 e. The van der Waals surface area contributed by atoms with E-state index in [0.29, 0.717) is 10.2 Å². The molecule has 0 spiro atoms. The highest BCUT2D eigenvalue weighted by molar-refractivity contribution is 7.99. The van der Waals surface area contributed by atoms with Crippen molar-refractivity contribution in [1.82, 2.24) is 20.2 Å². The van der Waals surface area contributed by atoms with Crippen LogP contribution >= 0.6 is 23.4 Å². The second-order valence-corrected chi connectivity index (χ2v) is 8.36. The maximum absolute atomic E-state index is 12.3. The minimum atomic E-state index is -0.243. The van der Waals surface area contributed by atoms with Gasteiger partial charge in [-0.15, -0.1) is 10.2 Å². The van der Waals surface area contributed by atoms with Crippen LogP contribution < -0.4 is 5.43 Å². The van der Waals surface area contributed by atoms with E-state index in [9.17, 15) is 4.79 Å². The average Bonchev–Trinajstić information content (AvgIpc) is 3.23. The van der Waals surface area contributed by atoms with Crippen molar-refractivity contribution in [3.05, 3.63) is 95.0 Å². The molecule has 32 heavy (non-hydrogen) atoms. The van der Waals surface area contributed by atoms with Gasteiger partial charge in [-0.05, 0) is 36.8 Å². The van der Waals surface area contributed by atoms with Gasteiger partial charge in [-0.2, -0.15) is 5.10 Å². The summed E-state index contributed by atoms with van der Waals surface area (Å²) < 4.78 is 1.96. The highest BCUT2D eigenvalue weighted by Crippen LogP contribution is 2.28. The van der Waals surface area contributed by atoms with E-state index in [4.69, 9.17) is 11.6 Å². The molecule has 0 aliphatic carbocycles. The fraction of sp³-hybridized carbons (Fsp3) is 0.0833. The predicted molar refractivity (Wildman–Crippen MR) is 129 cm³/mol. The van der Waals surface area contributed by atoms with E-state index in [-0.39, 0.29) is 11.7 Å². The smallest absolute Gasteiger partial charge is 0.250 e. The van der Waals surface area contributed by atoms with Crippen molar-refractivity contribution in [3.8, 4) is 17.1 Å². The van der Waals surface area contributed by atoms with Gasteiger partial charge >= 0.3 is 0 Å². The molecule has 0 saturated carbocycles. The minimum absolute atomic E-state index is 0.145. The number of hydrogen-bond donors (Lipinski definition) is 1. The lowest BCUT2D eigenvalue weighted by molar-refractivity contribution is -0.118. The van der Waals surface area contributed by atoms with Crippen LogP contribution in [0.25, 0.3) is 17.1 Å². The van der Waals surface area contributed by atoms with E-state index >= 15 is 0 Å². The number of carbonyl (C=O) groups is 1. The molecule has 6 nitrogen and oxygen atoms in total. The first-order chi connectivity index (χ1) is 15.6. The third-order valence-corrected chi connectivity index (χ3v) is 5.71. The van der Waals surface area contributed by atoms with Gasteiger partial charge in [-0.25, -0.2) is 5.43 Å². The molecule has 0 bridgehead atoms. The summed E-state index contributed by atoms with van der Waals surface area (Å²) >= 11 is 7.26. The van der Waals surface area contributed by atoms with Gasteiger partial charge in [0.15, 0.2) is 11.0 Å². The Kier molecular flexibility index (Phi) is 6.99. The zero-order valence-electron chi connectivity index (χ0n) is 17.3. The van der Waals surface area contributed by atoms with Gasteiger partial charge in [0, 0.05) is 16.3 Å². The topological polar surface area (TPSA) is 72.2 Å². The molecular weight excluding hydrogens is 442 g/mol. The molecule has 1 amide bonds. The summed E-state index contributed by atoms with van der Waals surface area (Å²) in [5.74, 6) is 0.622. The SMILES string of the molecule is Cc1ccc(-c2nnc(SCC(=O)NN=Cc3cccc(Cl)c3)n2-c2ccccc2)cc1. The quantitative estimate of drug-likeness (QED) is 0.235. The molecule has 0 saturated heterocycles. The number of rotatable bonds is 7. The molecule has 1 heterocycles. The first-order valence-corrected chi connectivity index (χ1v) is 11.2. The van der Waals surface area contributed by atoms with E-state index in [0.717, 1.165) is 22.6 Å². The molecule has 3 aromatic carbocycles. The molecule has 8 heteroatoms. The molecule has 0 aliphatic rings. The molecule has 1 aromatic heterocycles. The molecule has 1 N–H and O–H groups in total. The summed E-state index contributed by atoms with van der Waals surface area (Å²) in [6.45, 7) is 2.04. The van der Waals surface area contributed by atoms with Gasteiger partial charge in [0.1, 0.15) is 0 Å². The number of para-hydroxylation sites is 1. The maximum atomic E-state index is 12.3. The first kappa shape index (κ1) is 21.8. The monoisotopic (exact) mass is 461 g/mol. The van der Waals surface area contributed by atoms with Crippen LogP contribution in [0.15, 0.2) is 89.1 Å². The van der Waals surface area contributed by atoms with Crippen molar-refractivity contribution < 1.29 is 4.79 Å². The molecule has 160 valence electrons. The summed E-state index contributed by atoms with van der Waals surface area (Å²) in [6, 6.07) is 25.2. The number of amides is 1. The number of nitrogens with zero attached hydrogens (tertiary/aromatic N) is 4. The Labute approximate surface area is 195 Å². The molecule has 0 unspecified atom stereocenters. The Bertz CT molecular complexity index is 1240. The van der Waals surface area contributed by atoms with Crippen molar-refractivity contribution in [2.45, 2.75) is 12.1 Å². The highest BCUT2D eigenvalue weighted by Gasteiger charge is 2.17. The highest BCUT2D eigenvalue weighted by atomic mass is 35.5. The summed E-state index contributed by atoms with van der Waals surface area (Å²) in [6.07, 6.45) is 1.55. The van der Waals surface area contributed by atoms with Crippen LogP contribution in [0.3, 0.4) is 0 Å². The van der Waals surface area contributed by atoms with Crippen LogP contribution in [0.4, 0.5) is 0 Å². The van der Waals surface area contributed by atoms with E-state index in [2.05, 4.69) is 20.7 Å². The summed E-state index contributed by atoms with van der Waals surface area (Å²) in [5.41, 5.74) is 6.39. The van der Waals surface area contributed by atoms with Crippen LogP contribution in [-0.4, -0.2) is 32.6 Å². The van der Waals surface area contributed by atoms with Crippen LogP contribution in [-0.2, 0) is 4.79 Å². The molecule has 4 rings (SSSR count). The van der Waals surface area contributed by atoms with Gasteiger partial charge in [-0.1, -0.05) is 83.5 Å². The number of aryl methyl sites for hydroxylation is 1. The first-order valence-electron chi connectivity index (χ1n) is 9.88. The summed E-state index contributed by atoms with van der Waals surface area (Å²) in [5, 5.41) is 14.0. The third kappa shape index (κ3) is 5.43. The van der Waals surface area contributed by atoms with E-state index in [1.165, 1.54) is 17.3 Å². The second kappa shape index (κ2) is 10.3. The summed E-state index contributed by atoms with van der Waals surface area (Å²) in [4.78, 5) is 12.3. The normalized spacial score (nSPS) is 11.1. The lowest BCUT2D eigenvalue weighted by atomic mass is 10.1. The Morgan fingerprint density at radius 3 is 2.59 bits per heavy atom. The number of benzene rings is 3. The summed E-state index contributed by atoms with van der Waals surface area (Å²) in [7, 11) is 0. The molecule has 0 radical (unpaired) electrons. The molecular formula is C24H20ClN5OS. The molecule has 4 aromatic rings. The Morgan fingerprint density at radius 2 is 1.84 bits per heavy atom. The zero-order valence-corrected chi connectivity index (χ0v) is 18.8. The third-order valence-electron chi connectivity index (χ3n) is 4.54. The minimum Gasteiger partial charge on any atom is -0.272 e. The fourth-order valence-corrected chi connectivity index (χ4v) is 3.93. The number of aromatic nitrogens is 3. The van der Waals surface area contributed by atoms with Gasteiger partial charge in [-0.3, -0.25) is 9.36 Å². The van der Waals surface area contributed by atoms with Crippen LogP contribution in [0.1, 0.15) is 11.1 Å². The molecule has 0 fully saturated rings. The standard InChI is InChI=1S/C24H20ClN5OS/c1-17-10-12-19(13-11-17)23-28-29-24(30(23)21-8-3-2-4-9-21)32-16-22(31)27-26-15-18-6-5-7-20(25)14-18/h2-15H,16H2,1H3,(H,27,31). The molecule has 0 aliphatic heterocycles. The Morgan fingerprint density at radius 1 is 1.06 bits per heavy atom. The predicted octanol–water partition coefficient (Wildman–Crippen LogP) is 5.14. The van der Waals surface area contributed by atoms with Gasteiger partial charge in [0.2, 0.25) is 0 Å². The van der Waals surface area contributed by atoms with E-state index < -0.39 is 0 Å². The van der Waals surface area contributed by atoms with Gasteiger partial charge < -0.3 is 0 Å². The molecule has 0 atom stereocenters. The van der Waals surface area contributed by atoms with Crippen molar-refractivity contribution in [2.24, 2.45) is 5.10 Å². The zero-order chi connectivity index (χ0) is 22.3. The van der Waals surface area contributed by atoms with Gasteiger partial charge in [0.05, 0.1) is 12.0 Å². The number of hydrazone groups is 1. The van der Waals surface area contributed by atoms with Crippen molar-refractivity contribution >= 4 is 35.5 Å². The van der Waals surface area contributed by atoms with Crippen molar-refractivity contribution in [2.75, 3.05) is 5.75 Å². The van der Waals surface area contributed by atoms with Crippen molar-refractivity contribution in [3.63, 3.8) is 0 Å². The second-order valence-electron chi connectivity index (χ2n) is 6.98. The average molecular weight is 462 g/mol. The Balaban J connectivity index is 1.49. The number of nitrogens with one attached hydrogen (secondary N) is 1. The van der Waals surface area contributed by atoms with Crippen LogP contribution in [0.5, 0.6) is 0 Å². The van der Waals surface area contributed by atoms with Crippen molar-refractivity contribution in [1.29, 1.82) is 0 Å².